The molecule has 0 saturated carbocycles. The van der Waals surface area contributed by atoms with Crippen LogP contribution < -0.4 is 0 Å². The second-order valence-electron chi connectivity index (χ2n) is 5.73. The van der Waals surface area contributed by atoms with Gasteiger partial charge in [-0.1, -0.05) is 41.9 Å². The number of benzene rings is 1. The first kappa shape index (κ1) is 14.4. The van der Waals surface area contributed by atoms with E-state index in [-0.39, 0.29) is 0 Å². The molecule has 0 amide bonds. The molecule has 0 saturated heterocycles. The molecule has 7 heteroatoms. The van der Waals surface area contributed by atoms with Crippen molar-refractivity contribution in [1.82, 2.24) is 29.4 Å². The lowest BCUT2D eigenvalue weighted by atomic mass is 10.2. The molecule has 1 aliphatic rings. The third-order valence-electron chi connectivity index (χ3n) is 4.25. The number of hydrogen-bond donors (Lipinski definition) is 0. The van der Waals surface area contributed by atoms with Crippen LogP contribution in [0.3, 0.4) is 0 Å². The molecule has 0 fully saturated rings. The van der Waals surface area contributed by atoms with Gasteiger partial charge in [0.25, 0.3) is 0 Å². The predicted octanol–water partition coefficient (Wildman–Crippen LogP) is 2.35. The maximum Gasteiger partial charge on any atom is 0.164 e. The van der Waals surface area contributed by atoms with Gasteiger partial charge in [-0.2, -0.15) is 5.10 Å². The molecule has 0 unspecified atom stereocenters. The third kappa shape index (κ3) is 2.64. The van der Waals surface area contributed by atoms with Crippen molar-refractivity contribution in [3.8, 4) is 11.4 Å². The van der Waals surface area contributed by atoms with E-state index >= 15 is 0 Å². The number of hydrogen-bond acceptors (Lipinski definition) is 4. The normalized spacial score (nSPS) is 14.9. The van der Waals surface area contributed by atoms with Crippen molar-refractivity contribution in [1.29, 1.82) is 0 Å². The number of aromatic nitrogens is 5. The van der Waals surface area contributed by atoms with Gasteiger partial charge in [0.15, 0.2) is 5.82 Å². The van der Waals surface area contributed by atoms with Crippen molar-refractivity contribution in [2.75, 3.05) is 6.54 Å². The van der Waals surface area contributed by atoms with Crippen LogP contribution in [-0.4, -0.2) is 36.0 Å². The highest BCUT2D eigenvalue weighted by Crippen LogP contribution is 2.23. The van der Waals surface area contributed by atoms with Gasteiger partial charge in [0.1, 0.15) is 5.82 Å². The summed E-state index contributed by atoms with van der Waals surface area (Å²) in [5.74, 6) is 1.94. The minimum Gasteiger partial charge on any atom is -0.309 e. The molecule has 0 bridgehead atoms. The topological polar surface area (TPSA) is 51.8 Å². The highest BCUT2D eigenvalue weighted by molar-refractivity contribution is 6.31. The van der Waals surface area contributed by atoms with Gasteiger partial charge in [-0.3, -0.25) is 9.58 Å². The molecule has 0 radical (unpaired) electrons. The molecule has 0 aliphatic carbocycles. The maximum atomic E-state index is 6.21. The van der Waals surface area contributed by atoms with E-state index in [0.717, 1.165) is 49.1 Å². The van der Waals surface area contributed by atoms with Gasteiger partial charge in [-0.05, 0) is 0 Å². The van der Waals surface area contributed by atoms with Crippen molar-refractivity contribution in [3.05, 3.63) is 53.1 Å². The molecule has 1 aliphatic heterocycles. The summed E-state index contributed by atoms with van der Waals surface area (Å²) in [7, 11) is 1.92. The van der Waals surface area contributed by atoms with Gasteiger partial charge in [0, 0.05) is 32.2 Å². The summed E-state index contributed by atoms with van der Waals surface area (Å²) in [5, 5.41) is 13.7. The lowest BCUT2D eigenvalue weighted by molar-refractivity contribution is 0.204. The summed E-state index contributed by atoms with van der Waals surface area (Å²) >= 11 is 6.21. The molecule has 1 aromatic carbocycles. The molecule has 6 nitrogen and oxygen atoms in total. The van der Waals surface area contributed by atoms with E-state index < -0.39 is 0 Å². The van der Waals surface area contributed by atoms with Crippen LogP contribution in [0.1, 0.15) is 11.5 Å². The maximum absolute atomic E-state index is 6.21. The number of nitrogens with zero attached hydrogens (tertiary/aromatic N) is 6. The Bertz CT molecular complexity index is 803. The van der Waals surface area contributed by atoms with Gasteiger partial charge in [-0.25, -0.2) is 0 Å². The second kappa shape index (κ2) is 5.79. The van der Waals surface area contributed by atoms with E-state index in [0.29, 0.717) is 5.02 Å². The first-order valence-corrected chi connectivity index (χ1v) is 7.96. The number of halogens is 1. The van der Waals surface area contributed by atoms with Crippen LogP contribution >= 0.6 is 11.6 Å². The Kier molecular flexibility index (Phi) is 3.63. The summed E-state index contributed by atoms with van der Waals surface area (Å²) < 4.78 is 4.04. The largest absolute Gasteiger partial charge is 0.309 e. The fraction of sp³-hybridized carbons (Fsp3) is 0.312. The summed E-state index contributed by atoms with van der Waals surface area (Å²) in [6, 6.07) is 10.2. The molecular weight excluding hydrogens is 312 g/mol. The molecule has 4 rings (SSSR count). The molecule has 0 spiro atoms. The number of rotatable bonds is 3. The molecule has 0 atom stereocenters. The minimum absolute atomic E-state index is 0.713. The first-order valence-electron chi connectivity index (χ1n) is 7.58. The second-order valence-corrected chi connectivity index (χ2v) is 6.14. The molecule has 118 valence electrons. The number of aryl methyl sites for hydroxylation is 1. The van der Waals surface area contributed by atoms with Crippen molar-refractivity contribution in [3.63, 3.8) is 0 Å². The summed E-state index contributed by atoms with van der Waals surface area (Å²) in [6.45, 7) is 3.35. The van der Waals surface area contributed by atoms with Crippen LogP contribution in [0, 0.1) is 0 Å². The van der Waals surface area contributed by atoms with Gasteiger partial charge in [0.05, 0.1) is 23.5 Å². The SMILES string of the molecule is Cn1ncc(Cl)c1CN1CCn2c(nnc2-c2ccccc2)C1. The zero-order chi connectivity index (χ0) is 15.8. The molecule has 0 N–H and O–H groups in total. The predicted molar refractivity (Wildman–Crippen MR) is 87.8 cm³/mol. The van der Waals surface area contributed by atoms with Gasteiger partial charge >= 0.3 is 0 Å². The van der Waals surface area contributed by atoms with Gasteiger partial charge in [0.2, 0.25) is 0 Å². The van der Waals surface area contributed by atoms with Crippen LogP contribution in [0.5, 0.6) is 0 Å². The Balaban J connectivity index is 1.56. The Labute approximate surface area is 139 Å². The van der Waals surface area contributed by atoms with Crippen LogP contribution in [0.2, 0.25) is 5.02 Å². The van der Waals surface area contributed by atoms with E-state index in [1.807, 2.05) is 29.9 Å². The summed E-state index contributed by atoms with van der Waals surface area (Å²) in [6.07, 6.45) is 1.69. The van der Waals surface area contributed by atoms with Crippen molar-refractivity contribution in [2.45, 2.75) is 19.6 Å². The fourth-order valence-corrected chi connectivity index (χ4v) is 3.19. The van der Waals surface area contributed by atoms with Crippen LogP contribution in [-0.2, 0) is 26.7 Å². The average Bonchev–Trinajstić information content (AvgIpc) is 3.14. The first-order chi connectivity index (χ1) is 11.2. The van der Waals surface area contributed by atoms with Crippen molar-refractivity contribution in [2.24, 2.45) is 7.05 Å². The van der Waals surface area contributed by atoms with Crippen LogP contribution in [0.25, 0.3) is 11.4 Å². The molecule has 3 aromatic rings. The smallest absolute Gasteiger partial charge is 0.164 e. The molecule has 3 heterocycles. The highest BCUT2D eigenvalue weighted by Gasteiger charge is 2.23. The quantitative estimate of drug-likeness (QED) is 0.740. The van der Waals surface area contributed by atoms with E-state index in [1.165, 1.54) is 0 Å². The van der Waals surface area contributed by atoms with E-state index in [9.17, 15) is 0 Å². The summed E-state index contributed by atoms with van der Waals surface area (Å²) in [5.41, 5.74) is 2.14. The monoisotopic (exact) mass is 328 g/mol. The minimum atomic E-state index is 0.713. The number of fused-ring (bicyclic) bond motifs is 1. The van der Waals surface area contributed by atoms with Gasteiger partial charge in [-0.15, -0.1) is 10.2 Å². The molecule has 23 heavy (non-hydrogen) atoms. The lowest BCUT2D eigenvalue weighted by Gasteiger charge is -2.27. The van der Waals surface area contributed by atoms with Gasteiger partial charge < -0.3 is 4.57 Å². The van der Waals surface area contributed by atoms with Crippen molar-refractivity contribution < 1.29 is 0 Å². The Morgan fingerprint density at radius 3 is 2.70 bits per heavy atom. The zero-order valence-corrected chi connectivity index (χ0v) is 13.6. The van der Waals surface area contributed by atoms with E-state index in [2.05, 4.69) is 36.9 Å². The zero-order valence-electron chi connectivity index (χ0n) is 12.9. The Morgan fingerprint density at radius 1 is 1.13 bits per heavy atom. The van der Waals surface area contributed by atoms with Crippen LogP contribution in [0.4, 0.5) is 0 Å². The Morgan fingerprint density at radius 2 is 1.96 bits per heavy atom. The third-order valence-corrected chi connectivity index (χ3v) is 4.56. The summed E-state index contributed by atoms with van der Waals surface area (Å²) in [4.78, 5) is 2.32. The van der Waals surface area contributed by atoms with E-state index in [4.69, 9.17) is 11.6 Å². The fourth-order valence-electron chi connectivity index (χ4n) is 2.97. The van der Waals surface area contributed by atoms with Crippen LogP contribution in [0.15, 0.2) is 36.5 Å². The molecular formula is C16H17ClN6. The Hall–Kier alpha value is -2.18. The van der Waals surface area contributed by atoms with E-state index in [1.54, 1.807) is 6.20 Å². The lowest BCUT2D eigenvalue weighted by Crippen LogP contribution is -2.34. The molecule has 2 aromatic heterocycles. The highest BCUT2D eigenvalue weighted by atomic mass is 35.5. The van der Waals surface area contributed by atoms with Crippen molar-refractivity contribution >= 4 is 11.6 Å². The average molecular weight is 329 g/mol. The standard InChI is InChI=1S/C16H17ClN6/c1-21-14(13(17)9-18-21)10-22-7-8-23-15(11-22)19-20-16(23)12-5-3-2-4-6-12/h2-6,9H,7-8,10-11H2,1H3.